The highest BCUT2D eigenvalue weighted by atomic mass is 16.3. The van der Waals surface area contributed by atoms with Gasteiger partial charge in [-0.3, -0.25) is 4.79 Å². The fourth-order valence-electron chi connectivity index (χ4n) is 2.37. The monoisotopic (exact) mass is 140 g/mol. The molecule has 0 heterocycles. The summed E-state index contributed by atoms with van der Waals surface area (Å²) in [4.78, 5) is 11.0. The molecular formula is C8H12O2. The summed E-state index contributed by atoms with van der Waals surface area (Å²) in [5.41, 5.74) is 0. The molecule has 0 aromatic carbocycles. The fraction of sp³-hybridized carbons (Fsp3) is 0.875. The van der Waals surface area contributed by atoms with Gasteiger partial charge in [0.25, 0.3) is 0 Å². The minimum absolute atomic E-state index is 0.286. The summed E-state index contributed by atoms with van der Waals surface area (Å²) in [6.07, 6.45) is 2.76. The minimum Gasteiger partial charge on any atom is -0.396 e. The molecule has 2 bridgehead atoms. The molecule has 2 fully saturated rings. The molecule has 2 rings (SSSR count). The molecule has 0 aromatic rings. The number of aliphatic hydroxyl groups is 1. The van der Waals surface area contributed by atoms with Crippen molar-refractivity contribution in [1.29, 1.82) is 0 Å². The number of Topliss-reactive ketones (excluding diaryl/α,β-unsaturated/α-hetero) is 1. The maximum atomic E-state index is 11.0. The molecule has 2 heteroatoms. The van der Waals surface area contributed by atoms with Crippen LogP contribution in [0.15, 0.2) is 0 Å². The Hall–Kier alpha value is -0.370. The SMILES string of the molecule is O=C1C[C@H]2C[C@@H]1C[C@@H]2CO. The van der Waals surface area contributed by atoms with Crippen LogP contribution in [-0.4, -0.2) is 17.5 Å². The average Bonchev–Trinajstić information content (AvgIpc) is 2.44. The van der Waals surface area contributed by atoms with Gasteiger partial charge in [0.05, 0.1) is 0 Å². The summed E-state index contributed by atoms with van der Waals surface area (Å²) in [5, 5.41) is 8.86. The van der Waals surface area contributed by atoms with Crippen molar-refractivity contribution in [3.05, 3.63) is 0 Å². The standard InChI is InChI=1S/C8H12O2/c9-4-7-2-6-1-5(7)3-8(6)10/h5-7,9H,1-4H2/t5-,6-,7-/m1/s1. The van der Waals surface area contributed by atoms with Gasteiger partial charge in [-0.25, -0.2) is 0 Å². The second-order valence-electron chi connectivity index (χ2n) is 3.54. The number of hydrogen-bond acceptors (Lipinski definition) is 2. The predicted molar refractivity (Wildman–Crippen MR) is 36.4 cm³/mol. The van der Waals surface area contributed by atoms with Gasteiger partial charge in [-0.15, -0.1) is 0 Å². The molecule has 2 aliphatic rings. The average molecular weight is 140 g/mol. The maximum Gasteiger partial charge on any atom is 0.136 e. The van der Waals surface area contributed by atoms with Crippen molar-refractivity contribution in [2.75, 3.05) is 6.61 Å². The molecule has 56 valence electrons. The normalized spacial score (nSPS) is 44.9. The first kappa shape index (κ1) is 6.35. The summed E-state index contributed by atoms with van der Waals surface area (Å²) in [6, 6.07) is 0. The Morgan fingerprint density at radius 1 is 1.50 bits per heavy atom. The van der Waals surface area contributed by atoms with Crippen LogP contribution in [0.25, 0.3) is 0 Å². The molecule has 1 N–H and O–H groups in total. The van der Waals surface area contributed by atoms with Gasteiger partial charge in [-0.05, 0) is 24.7 Å². The Morgan fingerprint density at radius 3 is 2.70 bits per heavy atom. The van der Waals surface area contributed by atoms with Gasteiger partial charge in [-0.1, -0.05) is 0 Å². The zero-order valence-corrected chi connectivity index (χ0v) is 5.92. The van der Waals surface area contributed by atoms with E-state index >= 15 is 0 Å². The van der Waals surface area contributed by atoms with Gasteiger partial charge in [0.1, 0.15) is 5.78 Å². The topological polar surface area (TPSA) is 37.3 Å². The molecule has 0 amide bonds. The number of fused-ring (bicyclic) bond motifs is 2. The van der Waals surface area contributed by atoms with Crippen molar-refractivity contribution in [2.24, 2.45) is 17.8 Å². The van der Waals surface area contributed by atoms with Crippen molar-refractivity contribution >= 4 is 5.78 Å². The fourth-order valence-corrected chi connectivity index (χ4v) is 2.37. The first-order valence-corrected chi connectivity index (χ1v) is 3.95. The maximum absolute atomic E-state index is 11.0. The van der Waals surface area contributed by atoms with Crippen LogP contribution < -0.4 is 0 Å². The van der Waals surface area contributed by atoms with Gasteiger partial charge in [0, 0.05) is 18.9 Å². The van der Waals surface area contributed by atoms with E-state index in [2.05, 4.69) is 0 Å². The molecule has 0 saturated heterocycles. The van der Waals surface area contributed by atoms with Crippen molar-refractivity contribution in [3.8, 4) is 0 Å². The number of carbonyl (C=O) groups excluding carboxylic acids is 1. The lowest BCUT2D eigenvalue weighted by Crippen LogP contribution is -2.19. The summed E-state index contributed by atoms with van der Waals surface area (Å²) in [7, 11) is 0. The first-order valence-electron chi connectivity index (χ1n) is 3.95. The van der Waals surface area contributed by atoms with E-state index in [1.165, 1.54) is 0 Å². The van der Waals surface area contributed by atoms with Crippen molar-refractivity contribution in [1.82, 2.24) is 0 Å². The first-order chi connectivity index (χ1) is 4.81. The van der Waals surface area contributed by atoms with Gasteiger partial charge in [0.2, 0.25) is 0 Å². The highest BCUT2D eigenvalue weighted by Crippen LogP contribution is 2.45. The molecule has 10 heavy (non-hydrogen) atoms. The zero-order valence-electron chi connectivity index (χ0n) is 5.92. The quantitative estimate of drug-likeness (QED) is 0.579. The Kier molecular flexibility index (Phi) is 1.31. The van der Waals surface area contributed by atoms with Crippen LogP contribution in [0, 0.1) is 17.8 Å². The van der Waals surface area contributed by atoms with Gasteiger partial charge < -0.3 is 5.11 Å². The zero-order chi connectivity index (χ0) is 7.14. The second kappa shape index (κ2) is 2.06. The molecule has 2 nitrogen and oxygen atoms in total. The Labute approximate surface area is 60.2 Å². The number of hydrogen-bond donors (Lipinski definition) is 1. The number of carbonyl (C=O) groups is 1. The highest BCUT2D eigenvalue weighted by molar-refractivity contribution is 5.84. The summed E-state index contributed by atoms with van der Waals surface area (Å²) in [6.45, 7) is 0.286. The third-order valence-corrected chi connectivity index (χ3v) is 2.99. The molecular weight excluding hydrogens is 128 g/mol. The molecule has 0 aliphatic heterocycles. The van der Waals surface area contributed by atoms with Crippen molar-refractivity contribution in [2.45, 2.75) is 19.3 Å². The van der Waals surface area contributed by atoms with Gasteiger partial charge in [-0.2, -0.15) is 0 Å². The molecule has 0 radical (unpaired) electrons. The van der Waals surface area contributed by atoms with Crippen molar-refractivity contribution < 1.29 is 9.90 Å². The lowest BCUT2D eigenvalue weighted by molar-refractivity contribution is -0.122. The van der Waals surface area contributed by atoms with E-state index < -0.39 is 0 Å². The predicted octanol–water partition coefficient (Wildman–Crippen LogP) is 0.594. The third kappa shape index (κ3) is 0.717. The van der Waals surface area contributed by atoms with Crippen LogP contribution in [0.3, 0.4) is 0 Å². The van der Waals surface area contributed by atoms with Crippen LogP contribution in [0.2, 0.25) is 0 Å². The molecule has 3 atom stereocenters. The lowest BCUT2D eigenvalue weighted by atomic mass is 9.89. The Balaban J connectivity index is 2.09. The Morgan fingerprint density at radius 2 is 2.30 bits per heavy atom. The smallest absolute Gasteiger partial charge is 0.136 e. The third-order valence-electron chi connectivity index (χ3n) is 2.99. The second-order valence-corrected chi connectivity index (χ2v) is 3.54. The van der Waals surface area contributed by atoms with E-state index in [-0.39, 0.29) is 6.61 Å². The number of rotatable bonds is 1. The van der Waals surface area contributed by atoms with E-state index in [4.69, 9.17) is 5.11 Å². The van der Waals surface area contributed by atoms with Crippen LogP contribution in [-0.2, 0) is 4.79 Å². The van der Waals surface area contributed by atoms with Gasteiger partial charge >= 0.3 is 0 Å². The molecule has 0 unspecified atom stereocenters. The molecule has 2 aliphatic carbocycles. The summed E-state index contributed by atoms with van der Waals surface area (Å²) in [5.74, 6) is 1.74. The minimum atomic E-state index is 0.286. The van der Waals surface area contributed by atoms with Crippen LogP contribution in [0.4, 0.5) is 0 Å². The Bertz CT molecular complexity index is 165. The summed E-state index contributed by atoms with van der Waals surface area (Å²) >= 11 is 0. The van der Waals surface area contributed by atoms with Crippen LogP contribution >= 0.6 is 0 Å². The summed E-state index contributed by atoms with van der Waals surface area (Å²) < 4.78 is 0. The van der Waals surface area contributed by atoms with E-state index in [1.807, 2.05) is 0 Å². The van der Waals surface area contributed by atoms with E-state index in [0.29, 0.717) is 23.5 Å². The molecule has 0 aromatic heterocycles. The van der Waals surface area contributed by atoms with Gasteiger partial charge in [0.15, 0.2) is 0 Å². The van der Waals surface area contributed by atoms with E-state index in [1.54, 1.807) is 0 Å². The van der Waals surface area contributed by atoms with E-state index in [9.17, 15) is 4.79 Å². The molecule has 0 spiro atoms. The number of ketones is 1. The van der Waals surface area contributed by atoms with Crippen LogP contribution in [0.5, 0.6) is 0 Å². The number of aliphatic hydroxyl groups excluding tert-OH is 1. The largest absolute Gasteiger partial charge is 0.396 e. The highest BCUT2D eigenvalue weighted by Gasteiger charge is 2.44. The molecule has 2 saturated carbocycles. The van der Waals surface area contributed by atoms with E-state index in [0.717, 1.165) is 19.3 Å². The van der Waals surface area contributed by atoms with Crippen LogP contribution in [0.1, 0.15) is 19.3 Å². The van der Waals surface area contributed by atoms with Crippen molar-refractivity contribution in [3.63, 3.8) is 0 Å². The lowest BCUT2D eigenvalue weighted by Gasteiger charge is -2.17.